The second-order valence-corrected chi connectivity index (χ2v) is 5.53. The molecule has 0 fully saturated rings. The Morgan fingerprint density at radius 1 is 1.45 bits per heavy atom. The summed E-state index contributed by atoms with van der Waals surface area (Å²) < 4.78 is 5.04. The van der Waals surface area contributed by atoms with Crippen LogP contribution in [0.5, 0.6) is 0 Å². The Kier molecular flexibility index (Phi) is 4.60. The highest BCUT2D eigenvalue weighted by Gasteiger charge is 2.26. The van der Waals surface area contributed by atoms with Crippen molar-refractivity contribution >= 4 is 11.7 Å². The van der Waals surface area contributed by atoms with E-state index in [0.717, 1.165) is 29.7 Å². The van der Waals surface area contributed by atoms with Crippen molar-refractivity contribution in [1.29, 1.82) is 0 Å². The third-order valence-electron chi connectivity index (χ3n) is 3.73. The normalized spacial score (nSPS) is 15.8. The Labute approximate surface area is 119 Å². The summed E-state index contributed by atoms with van der Waals surface area (Å²) in [5.74, 6) is 0.259. The molecule has 2 N–H and O–H groups in total. The maximum atomic E-state index is 12.2. The van der Waals surface area contributed by atoms with E-state index in [1.807, 2.05) is 13.8 Å². The van der Waals surface area contributed by atoms with Gasteiger partial charge in [-0.3, -0.25) is 9.59 Å². The summed E-state index contributed by atoms with van der Waals surface area (Å²) in [6.07, 6.45) is 2.28. The van der Waals surface area contributed by atoms with Gasteiger partial charge in [-0.15, -0.1) is 0 Å². The van der Waals surface area contributed by atoms with Crippen molar-refractivity contribution in [2.75, 3.05) is 20.3 Å². The first-order chi connectivity index (χ1) is 9.54. The van der Waals surface area contributed by atoms with Crippen LogP contribution >= 0.6 is 0 Å². The lowest BCUT2D eigenvalue weighted by Crippen LogP contribution is -2.30. The van der Waals surface area contributed by atoms with E-state index >= 15 is 0 Å². The third-order valence-corrected chi connectivity index (χ3v) is 3.73. The molecule has 1 unspecified atom stereocenters. The number of fused-ring (bicyclic) bond motifs is 1. The zero-order valence-electron chi connectivity index (χ0n) is 12.3. The predicted octanol–water partition coefficient (Wildman–Crippen LogP) is 1.85. The lowest BCUT2D eigenvalue weighted by Gasteiger charge is -2.11. The van der Waals surface area contributed by atoms with Gasteiger partial charge < -0.3 is 15.0 Å². The van der Waals surface area contributed by atoms with E-state index in [1.165, 1.54) is 0 Å². The molecule has 1 heterocycles. The summed E-state index contributed by atoms with van der Waals surface area (Å²) >= 11 is 0. The third kappa shape index (κ3) is 2.93. The Balaban J connectivity index is 2.09. The van der Waals surface area contributed by atoms with Crippen molar-refractivity contribution in [2.45, 2.75) is 33.1 Å². The largest absolute Gasteiger partial charge is 0.384 e. The molecular formula is C15H22N2O3. The van der Waals surface area contributed by atoms with Gasteiger partial charge in [0.15, 0.2) is 5.78 Å². The van der Waals surface area contributed by atoms with Crippen LogP contribution in [0.4, 0.5) is 0 Å². The quantitative estimate of drug-likeness (QED) is 0.863. The zero-order valence-corrected chi connectivity index (χ0v) is 12.3. The molecule has 5 heteroatoms. The first-order valence-corrected chi connectivity index (χ1v) is 7.06. The van der Waals surface area contributed by atoms with E-state index in [9.17, 15) is 9.59 Å². The minimum absolute atomic E-state index is 0.145. The van der Waals surface area contributed by atoms with Crippen molar-refractivity contribution in [3.8, 4) is 0 Å². The SMILES string of the molecule is COCC(C)CNC(=O)c1[nH]c2c(c1C)C(=O)CCC2. The molecular weight excluding hydrogens is 256 g/mol. The van der Waals surface area contributed by atoms with Crippen LogP contribution in [0, 0.1) is 12.8 Å². The fourth-order valence-corrected chi connectivity index (χ4v) is 2.70. The Bertz CT molecular complexity index is 519. The van der Waals surface area contributed by atoms with Crippen LogP contribution in [-0.2, 0) is 11.2 Å². The summed E-state index contributed by atoms with van der Waals surface area (Å²) in [4.78, 5) is 27.3. The second kappa shape index (κ2) is 6.22. The molecule has 0 saturated carbocycles. The lowest BCUT2D eigenvalue weighted by molar-refractivity contribution is 0.0928. The topological polar surface area (TPSA) is 71.2 Å². The number of H-pyrrole nitrogens is 1. The number of aromatic nitrogens is 1. The van der Waals surface area contributed by atoms with Crippen LogP contribution in [0.1, 0.15) is 51.9 Å². The predicted molar refractivity (Wildman–Crippen MR) is 76.2 cm³/mol. The maximum Gasteiger partial charge on any atom is 0.268 e. The Morgan fingerprint density at radius 3 is 2.85 bits per heavy atom. The van der Waals surface area contributed by atoms with Gasteiger partial charge in [-0.05, 0) is 31.2 Å². The number of ketones is 1. The van der Waals surface area contributed by atoms with Crippen LogP contribution < -0.4 is 5.32 Å². The van der Waals surface area contributed by atoms with Gasteiger partial charge in [-0.2, -0.15) is 0 Å². The van der Waals surface area contributed by atoms with Gasteiger partial charge in [0.1, 0.15) is 5.69 Å². The minimum atomic E-state index is -0.146. The highest BCUT2D eigenvalue weighted by molar-refractivity contribution is 6.04. The van der Waals surface area contributed by atoms with Crippen molar-refractivity contribution in [3.05, 3.63) is 22.5 Å². The van der Waals surface area contributed by atoms with E-state index in [0.29, 0.717) is 25.3 Å². The molecule has 1 aromatic rings. The summed E-state index contributed by atoms with van der Waals surface area (Å²) in [6, 6.07) is 0. The zero-order chi connectivity index (χ0) is 14.7. The van der Waals surface area contributed by atoms with Crippen LogP contribution in [0.15, 0.2) is 0 Å². The Hall–Kier alpha value is -1.62. The molecule has 0 spiro atoms. The number of hydrogen-bond donors (Lipinski definition) is 2. The minimum Gasteiger partial charge on any atom is -0.384 e. The molecule has 110 valence electrons. The summed E-state index contributed by atoms with van der Waals surface area (Å²) in [7, 11) is 1.65. The average Bonchev–Trinajstić information content (AvgIpc) is 2.75. The fraction of sp³-hybridized carbons (Fsp3) is 0.600. The first-order valence-electron chi connectivity index (χ1n) is 7.06. The molecule has 20 heavy (non-hydrogen) atoms. The number of aryl methyl sites for hydroxylation is 1. The number of aromatic amines is 1. The fourth-order valence-electron chi connectivity index (χ4n) is 2.70. The van der Waals surface area contributed by atoms with Gasteiger partial charge in [-0.25, -0.2) is 0 Å². The van der Waals surface area contributed by atoms with E-state index in [2.05, 4.69) is 10.3 Å². The number of amides is 1. The molecule has 0 aromatic carbocycles. The van der Waals surface area contributed by atoms with Gasteiger partial charge in [0.05, 0.1) is 6.61 Å². The van der Waals surface area contributed by atoms with Gasteiger partial charge >= 0.3 is 0 Å². The number of hydrogen-bond acceptors (Lipinski definition) is 3. The van der Waals surface area contributed by atoms with Crippen molar-refractivity contribution in [1.82, 2.24) is 10.3 Å². The molecule has 1 aliphatic rings. The molecule has 5 nitrogen and oxygen atoms in total. The molecule has 1 amide bonds. The number of Topliss-reactive ketones (excluding diaryl/α,β-unsaturated/α-hetero) is 1. The number of carbonyl (C=O) groups excluding carboxylic acids is 2. The van der Waals surface area contributed by atoms with Gasteiger partial charge in [0.2, 0.25) is 0 Å². The second-order valence-electron chi connectivity index (χ2n) is 5.53. The molecule has 1 aliphatic carbocycles. The highest BCUT2D eigenvalue weighted by atomic mass is 16.5. The molecule has 0 bridgehead atoms. The number of rotatable bonds is 5. The smallest absolute Gasteiger partial charge is 0.268 e. The molecule has 1 aromatic heterocycles. The number of nitrogens with one attached hydrogen (secondary N) is 2. The van der Waals surface area contributed by atoms with Gasteiger partial charge in [0, 0.05) is 31.3 Å². The van der Waals surface area contributed by atoms with Crippen molar-refractivity contribution in [3.63, 3.8) is 0 Å². The van der Waals surface area contributed by atoms with E-state index < -0.39 is 0 Å². The standard InChI is InChI=1S/C15H22N2O3/c1-9(8-20-3)7-16-15(19)14-10(2)13-11(17-14)5-4-6-12(13)18/h9,17H,4-8H2,1-3H3,(H,16,19). The van der Waals surface area contributed by atoms with Crippen molar-refractivity contribution in [2.24, 2.45) is 5.92 Å². The first kappa shape index (κ1) is 14.8. The number of ether oxygens (including phenoxy) is 1. The van der Waals surface area contributed by atoms with Crippen LogP contribution in [0.3, 0.4) is 0 Å². The molecule has 0 aliphatic heterocycles. The summed E-state index contributed by atoms with van der Waals surface area (Å²) in [5, 5.41) is 2.89. The highest BCUT2D eigenvalue weighted by Crippen LogP contribution is 2.26. The van der Waals surface area contributed by atoms with Crippen LogP contribution in [0.25, 0.3) is 0 Å². The van der Waals surface area contributed by atoms with E-state index in [-0.39, 0.29) is 17.6 Å². The Morgan fingerprint density at radius 2 is 2.20 bits per heavy atom. The van der Waals surface area contributed by atoms with Gasteiger partial charge in [0.25, 0.3) is 5.91 Å². The summed E-state index contributed by atoms with van der Waals surface area (Å²) in [5.41, 5.74) is 2.94. The molecule has 0 radical (unpaired) electrons. The van der Waals surface area contributed by atoms with Crippen molar-refractivity contribution < 1.29 is 14.3 Å². The lowest BCUT2D eigenvalue weighted by atomic mass is 9.94. The van der Waals surface area contributed by atoms with E-state index in [4.69, 9.17) is 4.74 Å². The number of methoxy groups -OCH3 is 1. The molecule has 0 saturated heterocycles. The van der Waals surface area contributed by atoms with Crippen LogP contribution in [0.2, 0.25) is 0 Å². The maximum absolute atomic E-state index is 12.2. The summed E-state index contributed by atoms with van der Waals surface area (Å²) in [6.45, 7) is 5.02. The molecule has 1 atom stereocenters. The van der Waals surface area contributed by atoms with E-state index in [1.54, 1.807) is 7.11 Å². The van der Waals surface area contributed by atoms with Crippen LogP contribution in [-0.4, -0.2) is 36.9 Å². The number of carbonyl (C=O) groups is 2. The molecule has 2 rings (SSSR count). The monoisotopic (exact) mass is 278 g/mol. The van der Waals surface area contributed by atoms with Gasteiger partial charge in [-0.1, -0.05) is 6.92 Å². The average molecular weight is 278 g/mol.